The van der Waals surface area contributed by atoms with E-state index in [1.165, 1.54) is 4.31 Å². The normalized spacial score (nSPS) is 16.5. The van der Waals surface area contributed by atoms with Gasteiger partial charge in [0.2, 0.25) is 10.0 Å². The number of carbonyl (C=O) groups is 1. The maximum atomic E-state index is 12.4. The summed E-state index contributed by atoms with van der Waals surface area (Å²) in [5.74, 6) is 0.519. The van der Waals surface area contributed by atoms with Crippen LogP contribution in [0, 0.1) is 0 Å². The molecule has 0 radical (unpaired) electrons. The van der Waals surface area contributed by atoms with Gasteiger partial charge in [0.15, 0.2) is 0 Å². The van der Waals surface area contributed by atoms with E-state index in [1.807, 2.05) is 26.0 Å². The Bertz CT molecular complexity index is 552. The van der Waals surface area contributed by atoms with Gasteiger partial charge in [-0.05, 0) is 23.6 Å². The van der Waals surface area contributed by atoms with E-state index in [0.29, 0.717) is 36.7 Å². The molecule has 0 atom stereocenters. The summed E-state index contributed by atoms with van der Waals surface area (Å²) in [6.45, 7) is 8.74. The van der Waals surface area contributed by atoms with Gasteiger partial charge in [0, 0.05) is 25.9 Å². The molecule has 1 aromatic rings. The number of hydrogen-bond donors (Lipinski definition) is 0. The summed E-state index contributed by atoms with van der Waals surface area (Å²) < 4.78 is 26.2. The highest BCUT2D eigenvalue weighted by Crippen LogP contribution is 2.22. The van der Waals surface area contributed by atoms with E-state index in [4.69, 9.17) is 0 Å². The van der Waals surface area contributed by atoms with Gasteiger partial charge in [-0.1, -0.05) is 39.8 Å². The molecule has 1 aliphatic heterocycles. The number of carbonyl (C=O) groups excluding carboxylic acids is 1. The Kier molecular flexibility index (Phi) is 6.55. The highest BCUT2D eigenvalue weighted by Gasteiger charge is 2.28. The lowest BCUT2D eigenvalue weighted by molar-refractivity contribution is -0.120. The molecule has 0 aliphatic carbocycles. The van der Waals surface area contributed by atoms with Crippen molar-refractivity contribution < 1.29 is 13.2 Å². The standard InChI is InChI=1S/C14H19NO3S.C2H6/c1-11(2)12-3-5-14(6-4-12)19(17,18)15-9-7-13(16)8-10-15;1-2/h3-6,11H,7-10H2,1-2H3;1-2H3. The van der Waals surface area contributed by atoms with Crippen LogP contribution in [0.15, 0.2) is 29.2 Å². The van der Waals surface area contributed by atoms with Gasteiger partial charge in [0.25, 0.3) is 0 Å². The SMILES string of the molecule is CC.CC(C)c1ccc(S(=O)(=O)N2CCC(=O)CC2)cc1. The molecule has 4 nitrogen and oxygen atoms in total. The highest BCUT2D eigenvalue weighted by atomic mass is 32.2. The summed E-state index contributed by atoms with van der Waals surface area (Å²) >= 11 is 0. The lowest BCUT2D eigenvalue weighted by atomic mass is 10.0. The number of hydrogen-bond acceptors (Lipinski definition) is 3. The maximum absolute atomic E-state index is 12.4. The summed E-state index contributed by atoms with van der Waals surface area (Å²) in [5.41, 5.74) is 1.12. The third kappa shape index (κ3) is 4.38. The minimum absolute atomic E-state index is 0.140. The van der Waals surface area contributed by atoms with Crippen LogP contribution in [0.4, 0.5) is 0 Å². The molecule has 0 amide bonds. The Labute approximate surface area is 128 Å². The second kappa shape index (κ2) is 7.71. The van der Waals surface area contributed by atoms with Crippen LogP contribution in [0.25, 0.3) is 0 Å². The highest BCUT2D eigenvalue weighted by molar-refractivity contribution is 7.89. The number of sulfonamides is 1. The Balaban J connectivity index is 0.00000106. The Morgan fingerprint density at radius 3 is 1.90 bits per heavy atom. The van der Waals surface area contributed by atoms with Gasteiger partial charge in [-0.25, -0.2) is 8.42 Å². The number of nitrogens with zero attached hydrogens (tertiary/aromatic N) is 1. The van der Waals surface area contributed by atoms with Crippen molar-refractivity contribution >= 4 is 15.8 Å². The first-order valence-electron chi connectivity index (χ1n) is 7.53. The van der Waals surface area contributed by atoms with Crippen LogP contribution in [0.1, 0.15) is 52.0 Å². The molecule has 0 N–H and O–H groups in total. The summed E-state index contributed by atoms with van der Waals surface area (Å²) in [6, 6.07) is 7.02. The van der Waals surface area contributed by atoms with Gasteiger partial charge in [-0.15, -0.1) is 0 Å². The number of rotatable bonds is 3. The largest absolute Gasteiger partial charge is 0.300 e. The number of benzene rings is 1. The van der Waals surface area contributed by atoms with Crippen molar-refractivity contribution in [1.29, 1.82) is 0 Å². The van der Waals surface area contributed by atoms with E-state index in [1.54, 1.807) is 12.1 Å². The molecule has 1 heterocycles. The zero-order chi connectivity index (χ0) is 16.0. The molecule has 0 saturated carbocycles. The minimum Gasteiger partial charge on any atom is -0.300 e. The topological polar surface area (TPSA) is 54.5 Å². The molecule has 0 aromatic heterocycles. The number of Topliss-reactive ketones (excluding diaryl/α,β-unsaturated/α-hetero) is 1. The van der Waals surface area contributed by atoms with Gasteiger partial charge in [0.05, 0.1) is 4.90 Å². The molecule has 0 spiro atoms. The zero-order valence-corrected chi connectivity index (χ0v) is 14.1. The van der Waals surface area contributed by atoms with Crippen molar-refractivity contribution in [3.8, 4) is 0 Å². The van der Waals surface area contributed by atoms with Crippen molar-refractivity contribution in [3.63, 3.8) is 0 Å². The van der Waals surface area contributed by atoms with E-state index < -0.39 is 10.0 Å². The van der Waals surface area contributed by atoms with Crippen LogP contribution in [0.2, 0.25) is 0 Å². The van der Waals surface area contributed by atoms with Crippen LogP contribution in [0.5, 0.6) is 0 Å². The fourth-order valence-corrected chi connectivity index (χ4v) is 3.59. The summed E-state index contributed by atoms with van der Waals surface area (Å²) in [6.07, 6.45) is 0.645. The molecule has 1 fully saturated rings. The second-order valence-corrected chi connectivity index (χ2v) is 7.10. The van der Waals surface area contributed by atoms with Crippen molar-refractivity contribution in [2.45, 2.75) is 51.3 Å². The fraction of sp³-hybridized carbons (Fsp3) is 0.562. The van der Waals surface area contributed by atoms with Gasteiger partial charge in [-0.2, -0.15) is 4.31 Å². The first kappa shape index (κ1) is 17.9. The molecule has 2 rings (SSSR count). The maximum Gasteiger partial charge on any atom is 0.243 e. The molecule has 1 aromatic carbocycles. The Hall–Kier alpha value is -1.20. The van der Waals surface area contributed by atoms with Crippen LogP contribution < -0.4 is 0 Å². The van der Waals surface area contributed by atoms with Gasteiger partial charge >= 0.3 is 0 Å². The van der Waals surface area contributed by atoms with E-state index in [9.17, 15) is 13.2 Å². The molecule has 21 heavy (non-hydrogen) atoms. The van der Waals surface area contributed by atoms with Crippen molar-refractivity contribution in [1.82, 2.24) is 4.31 Å². The van der Waals surface area contributed by atoms with Crippen LogP contribution in [-0.2, 0) is 14.8 Å². The first-order valence-corrected chi connectivity index (χ1v) is 8.97. The molecule has 0 bridgehead atoms. The predicted molar refractivity (Wildman–Crippen MR) is 84.9 cm³/mol. The summed E-state index contributed by atoms with van der Waals surface area (Å²) in [4.78, 5) is 11.5. The van der Waals surface area contributed by atoms with Crippen LogP contribution >= 0.6 is 0 Å². The second-order valence-electron chi connectivity index (χ2n) is 5.17. The third-order valence-electron chi connectivity index (χ3n) is 3.46. The van der Waals surface area contributed by atoms with Gasteiger partial charge in [0.1, 0.15) is 5.78 Å². The van der Waals surface area contributed by atoms with Gasteiger partial charge < -0.3 is 0 Å². The zero-order valence-electron chi connectivity index (χ0n) is 13.3. The van der Waals surface area contributed by atoms with Crippen LogP contribution in [-0.4, -0.2) is 31.6 Å². The molecule has 0 unspecified atom stereocenters. The van der Waals surface area contributed by atoms with E-state index in [0.717, 1.165) is 5.56 Å². The average molecular weight is 311 g/mol. The molecular weight excluding hydrogens is 286 g/mol. The molecule has 1 aliphatic rings. The Morgan fingerprint density at radius 2 is 1.48 bits per heavy atom. The summed E-state index contributed by atoms with van der Waals surface area (Å²) in [5, 5.41) is 0. The lowest BCUT2D eigenvalue weighted by Gasteiger charge is -2.25. The molecule has 1 saturated heterocycles. The number of ketones is 1. The monoisotopic (exact) mass is 311 g/mol. The predicted octanol–water partition coefficient (Wildman–Crippen LogP) is 3.19. The number of piperidine rings is 1. The average Bonchev–Trinajstić information content (AvgIpc) is 2.50. The minimum atomic E-state index is -3.45. The molecule has 5 heteroatoms. The first-order chi connectivity index (χ1) is 9.91. The fourth-order valence-electron chi connectivity index (χ4n) is 2.15. The third-order valence-corrected chi connectivity index (χ3v) is 5.38. The van der Waals surface area contributed by atoms with Gasteiger partial charge in [-0.3, -0.25) is 4.79 Å². The Morgan fingerprint density at radius 1 is 1.00 bits per heavy atom. The summed E-state index contributed by atoms with van der Waals surface area (Å²) in [7, 11) is -3.45. The van der Waals surface area contributed by atoms with E-state index in [2.05, 4.69) is 13.8 Å². The van der Waals surface area contributed by atoms with Crippen molar-refractivity contribution in [2.75, 3.05) is 13.1 Å². The molecule has 118 valence electrons. The van der Waals surface area contributed by atoms with Crippen molar-refractivity contribution in [3.05, 3.63) is 29.8 Å². The van der Waals surface area contributed by atoms with E-state index in [-0.39, 0.29) is 5.78 Å². The molecular formula is C16H25NO3S. The lowest BCUT2D eigenvalue weighted by Crippen LogP contribution is -2.38. The van der Waals surface area contributed by atoms with Crippen LogP contribution in [0.3, 0.4) is 0 Å². The smallest absolute Gasteiger partial charge is 0.243 e. The van der Waals surface area contributed by atoms with Crippen molar-refractivity contribution in [2.24, 2.45) is 0 Å². The van der Waals surface area contributed by atoms with E-state index >= 15 is 0 Å². The quantitative estimate of drug-likeness (QED) is 0.861.